The summed E-state index contributed by atoms with van der Waals surface area (Å²) in [5.74, 6) is 1.13. The van der Waals surface area contributed by atoms with Crippen LogP contribution in [-0.2, 0) is 6.42 Å². The van der Waals surface area contributed by atoms with Crippen LogP contribution in [0.4, 0.5) is 5.69 Å². The third kappa shape index (κ3) is 2.99. The first kappa shape index (κ1) is 15.3. The highest BCUT2D eigenvalue weighted by Crippen LogP contribution is 2.32. The molecule has 0 saturated heterocycles. The van der Waals surface area contributed by atoms with Crippen molar-refractivity contribution in [2.24, 2.45) is 0 Å². The van der Waals surface area contributed by atoms with E-state index in [0.29, 0.717) is 24.6 Å². The number of nitrogens with zero attached hydrogens (tertiary/aromatic N) is 2. The predicted molar refractivity (Wildman–Crippen MR) is 88.4 cm³/mol. The van der Waals surface area contributed by atoms with Gasteiger partial charge in [0.25, 0.3) is 5.91 Å². The van der Waals surface area contributed by atoms with Crippen LogP contribution < -0.4 is 14.4 Å². The molecule has 0 N–H and O–H groups in total. The molecule has 0 fully saturated rings. The summed E-state index contributed by atoms with van der Waals surface area (Å²) in [6.45, 7) is 3.05. The van der Waals surface area contributed by atoms with Gasteiger partial charge >= 0.3 is 0 Å². The molecule has 0 unspecified atom stereocenters. The van der Waals surface area contributed by atoms with Crippen molar-refractivity contribution < 1.29 is 14.3 Å². The molecule has 0 bridgehead atoms. The van der Waals surface area contributed by atoms with Crippen LogP contribution in [0.5, 0.6) is 11.6 Å². The van der Waals surface area contributed by atoms with Gasteiger partial charge in [-0.3, -0.25) is 4.79 Å². The van der Waals surface area contributed by atoms with Crippen molar-refractivity contribution in [3.05, 3.63) is 47.7 Å². The van der Waals surface area contributed by atoms with Gasteiger partial charge in [-0.15, -0.1) is 0 Å². The number of hydrogen-bond donors (Lipinski definition) is 0. The number of ether oxygens (including phenoxy) is 2. The van der Waals surface area contributed by atoms with Crippen molar-refractivity contribution in [1.82, 2.24) is 4.98 Å². The third-order valence-electron chi connectivity index (χ3n) is 3.93. The van der Waals surface area contributed by atoms with Gasteiger partial charge in [0.05, 0.1) is 13.7 Å². The van der Waals surface area contributed by atoms with Crippen molar-refractivity contribution in [3.63, 3.8) is 0 Å². The summed E-state index contributed by atoms with van der Waals surface area (Å²) >= 11 is 0. The number of carbonyl (C=O) groups is 1. The smallest absolute Gasteiger partial charge is 0.263 e. The summed E-state index contributed by atoms with van der Waals surface area (Å²) in [5, 5.41) is 0. The highest BCUT2D eigenvalue weighted by molar-refractivity contribution is 6.08. The number of anilines is 1. The Hall–Kier alpha value is -2.56. The van der Waals surface area contributed by atoms with Crippen LogP contribution in [0.25, 0.3) is 0 Å². The highest BCUT2D eigenvalue weighted by Gasteiger charge is 2.26. The van der Waals surface area contributed by atoms with Gasteiger partial charge in [-0.1, -0.05) is 0 Å². The number of rotatable bonds is 4. The minimum absolute atomic E-state index is 0.0762. The Bertz CT molecular complexity index is 715. The fourth-order valence-electron chi connectivity index (χ4n) is 2.86. The summed E-state index contributed by atoms with van der Waals surface area (Å²) in [7, 11) is 1.65. The largest absolute Gasteiger partial charge is 0.497 e. The van der Waals surface area contributed by atoms with E-state index in [1.165, 1.54) is 0 Å². The molecule has 1 aromatic heterocycles. The fourth-order valence-corrected chi connectivity index (χ4v) is 2.86. The second-order valence-electron chi connectivity index (χ2n) is 5.34. The van der Waals surface area contributed by atoms with Crippen LogP contribution in [0.3, 0.4) is 0 Å². The van der Waals surface area contributed by atoms with Gasteiger partial charge < -0.3 is 14.4 Å². The van der Waals surface area contributed by atoms with E-state index in [2.05, 4.69) is 4.98 Å². The Balaban J connectivity index is 1.96. The quantitative estimate of drug-likeness (QED) is 0.870. The monoisotopic (exact) mass is 312 g/mol. The number of carbonyl (C=O) groups excluding carboxylic acids is 1. The molecule has 0 spiro atoms. The maximum Gasteiger partial charge on any atom is 0.263 e. The lowest BCUT2D eigenvalue weighted by Gasteiger charge is -2.30. The lowest BCUT2D eigenvalue weighted by atomic mass is 10.0. The average molecular weight is 312 g/mol. The van der Waals surface area contributed by atoms with Crippen LogP contribution in [-0.4, -0.2) is 31.2 Å². The van der Waals surface area contributed by atoms with Gasteiger partial charge in [-0.2, -0.15) is 0 Å². The Morgan fingerprint density at radius 2 is 2.22 bits per heavy atom. The van der Waals surface area contributed by atoms with Gasteiger partial charge in [0.15, 0.2) is 0 Å². The summed E-state index contributed by atoms with van der Waals surface area (Å²) in [4.78, 5) is 19.0. The molecular formula is C18H20N2O3. The maximum absolute atomic E-state index is 13.0. The predicted octanol–water partition coefficient (Wildman–Crippen LogP) is 3.08. The number of amides is 1. The number of aryl methyl sites for hydroxylation is 1. The molecule has 5 heteroatoms. The Morgan fingerprint density at radius 3 is 3.00 bits per heavy atom. The van der Waals surface area contributed by atoms with Gasteiger partial charge in [0, 0.05) is 18.4 Å². The van der Waals surface area contributed by atoms with Crippen molar-refractivity contribution in [2.45, 2.75) is 19.8 Å². The Labute approximate surface area is 135 Å². The fraction of sp³-hybridized carbons (Fsp3) is 0.333. The van der Waals surface area contributed by atoms with Gasteiger partial charge in [-0.05, 0) is 55.7 Å². The summed E-state index contributed by atoms with van der Waals surface area (Å²) in [6, 6.07) is 9.35. The molecule has 0 atom stereocenters. The van der Waals surface area contributed by atoms with Crippen molar-refractivity contribution in [2.75, 3.05) is 25.2 Å². The number of methoxy groups -OCH3 is 1. The third-order valence-corrected chi connectivity index (χ3v) is 3.93. The van der Waals surface area contributed by atoms with Crippen LogP contribution in [0.15, 0.2) is 36.5 Å². The van der Waals surface area contributed by atoms with E-state index < -0.39 is 0 Å². The number of fused-ring (bicyclic) bond motifs is 1. The molecule has 1 amide bonds. The molecule has 0 aliphatic carbocycles. The minimum atomic E-state index is -0.0762. The standard InChI is InChI=1S/C18H20N2O3/c1-3-23-17-15(7-4-10-19-17)18(21)20-11-5-6-13-12-14(22-2)8-9-16(13)20/h4,7-10,12H,3,5-6,11H2,1-2H3. The minimum Gasteiger partial charge on any atom is -0.497 e. The summed E-state index contributed by atoms with van der Waals surface area (Å²) < 4.78 is 10.8. The lowest BCUT2D eigenvalue weighted by Crippen LogP contribution is -2.35. The molecule has 2 heterocycles. The maximum atomic E-state index is 13.0. The molecule has 0 saturated carbocycles. The van der Waals surface area contributed by atoms with Crippen molar-refractivity contribution in [1.29, 1.82) is 0 Å². The lowest BCUT2D eigenvalue weighted by molar-refractivity contribution is 0.0980. The van der Waals surface area contributed by atoms with Crippen LogP contribution >= 0.6 is 0 Å². The Kier molecular flexibility index (Phi) is 4.46. The van der Waals surface area contributed by atoms with E-state index >= 15 is 0 Å². The first-order chi connectivity index (χ1) is 11.2. The number of benzene rings is 1. The van der Waals surface area contributed by atoms with E-state index in [-0.39, 0.29) is 5.91 Å². The van der Waals surface area contributed by atoms with Crippen molar-refractivity contribution >= 4 is 11.6 Å². The molecule has 23 heavy (non-hydrogen) atoms. The molecule has 2 aromatic rings. The molecular weight excluding hydrogens is 292 g/mol. The molecule has 0 radical (unpaired) electrons. The van der Waals surface area contributed by atoms with E-state index in [4.69, 9.17) is 9.47 Å². The summed E-state index contributed by atoms with van der Waals surface area (Å²) in [5.41, 5.74) is 2.57. The number of hydrogen-bond acceptors (Lipinski definition) is 4. The van der Waals surface area contributed by atoms with Gasteiger partial charge in [0.1, 0.15) is 11.3 Å². The SMILES string of the molecule is CCOc1ncccc1C(=O)N1CCCc2cc(OC)ccc21. The molecule has 3 rings (SSSR count). The van der Waals surface area contributed by atoms with E-state index in [9.17, 15) is 4.79 Å². The Morgan fingerprint density at radius 1 is 1.35 bits per heavy atom. The van der Waals surface area contributed by atoms with Crippen molar-refractivity contribution in [3.8, 4) is 11.6 Å². The molecule has 5 nitrogen and oxygen atoms in total. The van der Waals surface area contributed by atoms with E-state index in [1.54, 1.807) is 30.3 Å². The average Bonchev–Trinajstić information content (AvgIpc) is 2.61. The number of pyridine rings is 1. The second kappa shape index (κ2) is 6.69. The zero-order chi connectivity index (χ0) is 16.2. The zero-order valence-corrected chi connectivity index (χ0v) is 13.4. The topological polar surface area (TPSA) is 51.7 Å². The molecule has 1 aliphatic rings. The van der Waals surface area contributed by atoms with E-state index in [0.717, 1.165) is 29.8 Å². The van der Waals surface area contributed by atoms with Gasteiger partial charge in [0.2, 0.25) is 5.88 Å². The van der Waals surface area contributed by atoms with Crippen LogP contribution in [0, 0.1) is 0 Å². The molecule has 1 aromatic carbocycles. The van der Waals surface area contributed by atoms with Gasteiger partial charge in [-0.25, -0.2) is 4.98 Å². The second-order valence-corrected chi connectivity index (χ2v) is 5.34. The summed E-state index contributed by atoms with van der Waals surface area (Å²) in [6.07, 6.45) is 3.51. The first-order valence-corrected chi connectivity index (χ1v) is 7.81. The van der Waals surface area contributed by atoms with Crippen LogP contribution in [0.1, 0.15) is 29.3 Å². The highest BCUT2D eigenvalue weighted by atomic mass is 16.5. The van der Waals surface area contributed by atoms with E-state index in [1.807, 2.05) is 25.1 Å². The normalized spacial score (nSPS) is 13.4. The molecule has 120 valence electrons. The zero-order valence-electron chi connectivity index (χ0n) is 13.4. The van der Waals surface area contributed by atoms with Crippen LogP contribution in [0.2, 0.25) is 0 Å². The molecule has 1 aliphatic heterocycles. The first-order valence-electron chi connectivity index (χ1n) is 7.81. The number of aromatic nitrogens is 1.